The molecular weight excluding hydrogens is 306 g/mol. The summed E-state index contributed by atoms with van der Waals surface area (Å²) in [5.74, 6) is 1.21. The molecule has 3 heterocycles. The van der Waals surface area contributed by atoms with E-state index in [1.54, 1.807) is 12.4 Å². The summed E-state index contributed by atoms with van der Waals surface area (Å²) in [6.45, 7) is 8.27. The van der Waals surface area contributed by atoms with Crippen LogP contribution in [0.2, 0.25) is 0 Å². The van der Waals surface area contributed by atoms with E-state index in [2.05, 4.69) is 31.8 Å². The summed E-state index contributed by atoms with van der Waals surface area (Å²) in [7, 11) is 0. The molecule has 1 aliphatic heterocycles. The highest BCUT2D eigenvalue weighted by Gasteiger charge is 2.27. The molecule has 0 aromatic carbocycles. The maximum atomic E-state index is 9.64. The first-order valence-electron chi connectivity index (χ1n) is 8.53. The minimum atomic E-state index is -0.288. The first-order valence-corrected chi connectivity index (χ1v) is 8.53. The van der Waals surface area contributed by atoms with E-state index in [1.165, 1.54) is 0 Å². The molecule has 7 nitrogen and oxygen atoms in total. The monoisotopic (exact) mass is 331 g/mol. The molecule has 7 heteroatoms. The number of aliphatic hydroxyl groups excluding tert-OH is 1. The molecular formula is C17H25N5O2. The first kappa shape index (κ1) is 17.0. The van der Waals surface area contributed by atoms with Crippen molar-refractivity contribution in [2.45, 2.75) is 39.0 Å². The fourth-order valence-corrected chi connectivity index (χ4v) is 3.19. The quantitative estimate of drug-likeness (QED) is 0.857. The van der Waals surface area contributed by atoms with Crippen LogP contribution in [0.25, 0.3) is 11.4 Å². The van der Waals surface area contributed by atoms with Crippen LogP contribution in [-0.4, -0.2) is 68.4 Å². The van der Waals surface area contributed by atoms with Crippen LogP contribution in [0.15, 0.2) is 29.0 Å². The van der Waals surface area contributed by atoms with E-state index in [1.807, 2.05) is 19.1 Å². The van der Waals surface area contributed by atoms with Gasteiger partial charge in [-0.05, 0) is 25.5 Å². The molecule has 2 aromatic heterocycles. The molecule has 0 spiro atoms. The lowest BCUT2D eigenvalue weighted by Gasteiger charge is -2.41. The van der Waals surface area contributed by atoms with Crippen LogP contribution < -0.4 is 0 Å². The summed E-state index contributed by atoms with van der Waals surface area (Å²) in [5, 5.41) is 13.7. The van der Waals surface area contributed by atoms with Crippen LogP contribution >= 0.6 is 0 Å². The fraction of sp³-hybridized carbons (Fsp3) is 0.588. The number of hydrogen-bond acceptors (Lipinski definition) is 7. The zero-order valence-corrected chi connectivity index (χ0v) is 14.3. The van der Waals surface area contributed by atoms with Crippen molar-refractivity contribution in [2.75, 3.05) is 26.2 Å². The van der Waals surface area contributed by atoms with E-state index >= 15 is 0 Å². The number of aliphatic hydroxyl groups is 1. The van der Waals surface area contributed by atoms with E-state index in [4.69, 9.17) is 4.52 Å². The van der Waals surface area contributed by atoms with E-state index in [-0.39, 0.29) is 6.10 Å². The Morgan fingerprint density at radius 2 is 2.29 bits per heavy atom. The van der Waals surface area contributed by atoms with Gasteiger partial charge in [0.1, 0.15) is 0 Å². The molecule has 0 unspecified atom stereocenters. The Labute approximate surface area is 142 Å². The van der Waals surface area contributed by atoms with Gasteiger partial charge in [0.15, 0.2) is 0 Å². The second kappa shape index (κ2) is 7.83. The number of β-amino-alcohol motifs (C(OH)–C–C–N with tert-alkyl or cyclic N) is 1. The molecule has 1 fully saturated rings. The second-order valence-electron chi connectivity index (χ2n) is 6.39. The van der Waals surface area contributed by atoms with Crippen molar-refractivity contribution in [3.63, 3.8) is 0 Å². The fourth-order valence-electron chi connectivity index (χ4n) is 3.19. The van der Waals surface area contributed by atoms with Gasteiger partial charge in [-0.1, -0.05) is 12.1 Å². The van der Waals surface area contributed by atoms with Crippen molar-refractivity contribution in [1.29, 1.82) is 0 Å². The van der Waals surface area contributed by atoms with Gasteiger partial charge in [-0.2, -0.15) is 4.98 Å². The maximum Gasteiger partial charge on any atom is 0.241 e. The van der Waals surface area contributed by atoms with Gasteiger partial charge in [0.2, 0.25) is 11.7 Å². The molecule has 3 rings (SSSR count). The highest BCUT2D eigenvalue weighted by Crippen LogP contribution is 2.18. The molecule has 0 bridgehead atoms. The molecule has 2 atom stereocenters. The average molecular weight is 331 g/mol. The van der Waals surface area contributed by atoms with Crippen molar-refractivity contribution < 1.29 is 9.63 Å². The van der Waals surface area contributed by atoms with Gasteiger partial charge in [-0.3, -0.25) is 14.8 Å². The van der Waals surface area contributed by atoms with E-state index in [9.17, 15) is 5.11 Å². The summed E-state index contributed by atoms with van der Waals surface area (Å²) in [4.78, 5) is 13.3. The van der Waals surface area contributed by atoms with Crippen molar-refractivity contribution in [2.24, 2.45) is 0 Å². The van der Waals surface area contributed by atoms with Crippen LogP contribution in [0.3, 0.4) is 0 Å². The van der Waals surface area contributed by atoms with Gasteiger partial charge in [0.25, 0.3) is 0 Å². The summed E-state index contributed by atoms with van der Waals surface area (Å²) < 4.78 is 5.40. The predicted octanol–water partition coefficient (Wildman–Crippen LogP) is 1.41. The SMILES string of the molecule is CC[C@H]1CN(Cc2nc(-c3cccnc3)no2)CCN1C[C@H](C)O. The van der Waals surface area contributed by atoms with Crippen molar-refractivity contribution in [3.05, 3.63) is 30.4 Å². The summed E-state index contributed by atoms with van der Waals surface area (Å²) >= 11 is 0. The highest BCUT2D eigenvalue weighted by molar-refractivity contribution is 5.51. The maximum absolute atomic E-state index is 9.64. The van der Waals surface area contributed by atoms with Crippen LogP contribution in [0.1, 0.15) is 26.2 Å². The molecule has 24 heavy (non-hydrogen) atoms. The number of aromatic nitrogens is 3. The van der Waals surface area contributed by atoms with Gasteiger partial charge in [-0.15, -0.1) is 0 Å². The number of rotatable bonds is 6. The standard InChI is InChI=1S/C17H25N5O2/c1-3-15-11-21(7-8-22(15)10-13(2)23)12-16-19-17(20-24-16)14-5-4-6-18-9-14/h4-6,9,13,15,23H,3,7-8,10-12H2,1-2H3/t13-,15-/m0/s1. The summed E-state index contributed by atoms with van der Waals surface area (Å²) in [6, 6.07) is 4.23. The molecule has 2 aromatic rings. The number of hydrogen-bond donors (Lipinski definition) is 1. The highest BCUT2D eigenvalue weighted by atomic mass is 16.5. The van der Waals surface area contributed by atoms with Crippen molar-refractivity contribution in [1.82, 2.24) is 24.9 Å². The Bertz CT molecular complexity index is 631. The van der Waals surface area contributed by atoms with E-state index in [0.717, 1.165) is 38.2 Å². The van der Waals surface area contributed by atoms with Crippen LogP contribution in [0.5, 0.6) is 0 Å². The molecule has 1 saturated heterocycles. The topological polar surface area (TPSA) is 78.5 Å². The minimum Gasteiger partial charge on any atom is -0.392 e. The van der Waals surface area contributed by atoms with Gasteiger partial charge >= 0.3 is 0 Å². The zero-order valence-electron chi connectivity index (χ0n) is 14.3. The van der Waals surface area contributed by atoms with Crippen LogP contribution in [0.4, 0.5) is 0 Å². The third-order valence-electron chi connectivity index (χ3n) is 4.41. The summed E-state index contributed by atoms with van der Waals surface area (Å²) in [6.07, 6.45) is 4.23. The van der Waals surface area contributed by atoms with Crippen molar-refractivity contribution >= 4 is 0 Å². The average Bonchev–Trinajstić information content (AvgIpc) is 3.05. The lowest BCUT2D eigenvalue weighted by atomic mass is 10.1. The van der Waals surface area contributed by atoms with Gasteiger partial charge in [0, 0.05) is 50.2 Å². The zero-order chi connectivity index (χ0) is 16.9. The third kappa shape index (κ3) is 4.17. The number of nitrogens with zero attached hydrogens (tertiary/aromatic N) is 5. The smallest absolute Gasteiger partial charge is 0.241 e. The van der Waals surface area contributed by atoms with Crippen molar-refractivity contribution in [3.8, 4) is 11.4 Å². The number of piperazine rings is 1. The second-order valence-corrected chi connectivity index (χ2v) is 6.39. The predicted molar refractivity (Wildman–Crippen MR) is 90.1 cm³/mol. The first-order chi connectivity index (χ1) is 11.7. The largest absolute Gasteiger partial charge is 0.392 e. The normalized spacial score (nSPS) is 21.0. The Hall–Kier alpha value is -1.83. The lowest BCUT2D eigenvalue weighted by molar-refractivity contribution is 0.0302. The van der Waals surface area contributed by atoms with Crippen LogP contribution in [0, 0.1) is 0 Å². The molecule has 0 amide bonds. The van der Waals surface area contributed by atoms with Gasteiger partial charge < -0.3 is 9.63 Å². The van der Waals surface area contributed by atoms with Gasteiger partial charge in [-0.25, -0.2) is 0 Å². The summed E-state index contributed by atoms with van der Waals surface area (Å²) in [5.41, 5.74) is 0.862. The number of pyridine rings is 1. The molecule has 130 valence electrons. The molecule has 0 aliphatic carbocycles. The van der Waals surface area contributed by atoms with E-state index in [0.29, 0.717) is 24.3 Å². The minimum absolute atomic E-state index is 0.288. The Kier molecular flexibility index (Phi) is 5.55. The third-order valence-corrected chi connectivity index (χ3v) is 4.41. The Morgan fingerprint density at radius 3 is 3.00 bits per heavy atom. The van der Waals surface area contributed by atoms with Crippen LogP contribution in [-0.2, 0) is 6.54 Å². The lowest BCUT2D eigenvalue weighted by Crippen LogP contribution is -2.54. The molecule has 0 radical (unpaired) electrons. The molecule has 1 aliphatic rings. The Balaban J connectivity index is 1.60. The molecule has 0 saturated carbocycles. The van der Waals surface area contributed by atoms with E-state index < -0.39 is 0 Å². The molecule has 1 N–H and O–H groups in total. The Morgan fingerprint density at radius 1 is 1.42 bits per heavy atom. The van der Waals surface area contributed by atoms with Gasteiger partial charge in [0.05, 0.1) is 12.6 Å².